The molecule has 2 atom stereocenters. The number of halogens is 1. The lowest BCUT2D eigenvalue weighted by Gasteiger charge is -2.47. The van der Waals surface area contributed by atoms with Crippen LogP contribution in [0.25, 0.3) is 11.8 Å². The van der Waals surface area contributed by atoms with Gasteiger partial charge in [0, 0.05) is 6.54 Å². The predicted octanol–water partition coefficient (Wildman–Crippen LogP) is 4.49. The van der Waals surface area contributed by atoms with E-state index in [0.717, 1.165) is 29.7 Å². The molecule has 0 amide bonds. The third-order valence-corrected chi connectivity index (χ3v) is 7.07. The lowest BCUT2D eigenvalue weighted by Crippen LogP contribution is -2.65. The molecule has 1 fully saturated rings. The van der Waals surface area contributed by atoms with E-state index in [4.69, 9.17) is 14.3 Å². The van der Waals surface area contributed by atoms with Gasteiger partial charge >= 0.3 is 11.7 Å². The molecule has 2 unspecified atom stereocenters. The maximum atomic E-state index is 13.9. The first-order valence-electron chi connectivity index (χ1n) is 12.3. The van der Waals surface area contributed by atoms with Crippen LogP contribution in [0, 0.1) is 12.3 Å². The zero-order chi connectivity index (χ0) is 26.2. The Bertz CT molecular complexity index is 1350. The minimum absolute atomic E-state index is 0.192. The van der Waals surface area contributed by atoms with Gasteiger partial charge in [0.25, 0.3) is 0 Å². The number of aryl methyl sites for hydroxylation is 1. The fraction of sp³-hybridized carbons (Fsp3) is 0.407. The summed E-state index contributed by atoms with van der Waals surface area (Å²) in [5.74, 6) is 1.02. The van der Waals surface area contributed by atoms with Crippen LogP contribution >= 0.6 is 0 Å². The number of amidine groups is 1. The predicted molar refractivity (Wildman–Crippen MR) is 136 cm³/mol. The highest BCUT2D eigenvalue weighted by molar-refractivity contribution is 6.06. The van der Waals surface area contributed by atoms with Crippen LogP contribution in [0.15, 0.2) is 59.3 Å². The van der Waals surface area contributed by atoms with E-state index < -0.39 is 17.1 Å². The number of fused-ring (bicyclic) bond motifs is 1. The molecule has 0 spiro atoms. The number of carbonyl (C=O) groups is 1. The van der Waals surface area contributed by atoms with Crippen LogP contribution in [0.5, 0.6) is 5.75 Å². The Morgan fingerprint density at radius 3 is 2.86 bits per heavy atom. The molecule has 10 heteroatoms. The van der Waals surface area contributed by atoms with Crippen molar-refractivity contribution in [3.05, 3.63) is 65.5 Å². The molecule has 9 nitrogen and oxygen atoms in total. The summed E-state index contributed by atoms with van der Waals surface area (Å²) >= 11 is 0. The minimum atomic E-state index is -1.53. The lowest BCUT2D eigenvalue weighted by molar-refractivity contribution is -0.208. The SMILES string of the molecule is CCOC(=O)C1(C2(C)C=CC(F)=CC2)ON=C2/C(=C/c3ccc(-n4cnc(C)n4)c(OC)c3)CCCN21. The second kappa shape index (κ2) is 9.49. The van der Waals surface area contributed by atoms with Crippen LogP contribution < -0.4 is 4.74 Å². The number of rotatable bonds is 6. The first kappa shape index (κ1) is 24.7. The Morgan fingerprint density at radius 2 is 2.19 bits per heavy atom. The highest BCUT2D eigenvalue weighted by Gasteiger charge is 2.65. The molecule has 1 saturated heterocycles. The standard InChI is InChI=1S/C27H30FN5O4/c1-5-36-25(34)27(26(3)12-10-21(28)11-13-26)32-14-6-7-20(24(32)31-37-27)15-19-8-9-22(23(16-19)35-4)33-17-29-18(2)30-33/h8-12,15-17H,5-7,13-14H2,1-4H3/b20-15+. The van der Waals surface area contributed by atoms with Crippen LogP contribution in [0.3, 0.4) is 0 Å². The second-order valence-corrected chi connectivity index (χ2v) is 9.51. The third kappa shape index (κ3) is 4.10. The summed E-state index contributed by atoms with van der Waals surface area (Å²) in [5.41, 5.74) is 0.186. The Hall–Kier alpha value is -3.95. The summed E-state index contributed by atoms with van der Waals surface area (Å²) in [4.78, 5) is 25.6. The lowest BCUT2D eigenvalue weighted by atomic mass is 9.72. The van der Waals surface area contributed by atoms with Crippen molar-refractivity contribution < 1.29 is 23.5 Å². The van der Waals surface area contributed by atoms with E-state index in [2.05, 4.69) is 15.2 Å². The summed E-state index contributed by atoms with van der Waals surface area (Å²) < 4.78 is 26.7. The van der Waals surface area contributed by atoms with Gasteiger partial charge in [-0.1, -0.05) is 17.3 Å². The fourth-order valence-corrected chi connectivity index (χ4v) is 5.15. The van der Waals surface area contributed by atoms with Crippen molar-refractivity contribution in [2.24, 2.45) is 10.6 Å². The molecule has 1 aromatic heterocycles. The van der Waals surface area contributed by atoms with Gasteiger partial charge in [-0.15, -0.1) is 0 Å². The van der Waals surface area contributed by atoms with E-state index in [1.165, 1.54) is 12.2 Å². The van der Waals surface area contributed by atoms with Crippen molar-refractivity contribution >= 4 is 17.9 Å². The summed E-state index contributed by atoms with van der Waals surface area (Å²) in [6.07, 6.45) is 10.00. The quantitative estimate of drug-likeness (QED) is 0.532. The zero-order valence-corrected chi connectivity index (χ0v) is 21.4. The van der Waals surface area contributed by atoms with Gasteiger partial charge in [0.1, 0.15) is 29.4 Å². The smallest absolute Gasteiger partial charge is 0.376 e. The van der Waals surface area contributed by atoms with Gasteiger partial charge in [-0.2, -0.15) is 5.10 Å². The Labute approximate surface area is 214 Å². The third-order valence-electron chi connectivity index (χ3n) is 7.07. The van der Waals surface area contributed by atoms with Crippen LogP contribution in [0.2, 0.25) is 0 Å². The van der Waals surface area contributed by atoms with Crippen molar-refractivity contribution in [1.82, 2.24) is 19.7 Å². The Kier molecular flexibility index (Phi) is 6.35. The number of methoxy groups -OCH3 is 1. The summed E-state index contributed by atoms with van der Waals surface area (Å²) in [7, 11) is 1.61. The highest BCUT2D eigenvalue weighted by atomic mass is 19.1. The number of carbonyl (C=O) groups excluding carboxylic acids is 1. The van der Waals surface area contributed by atoms with E-state index in [9.17, 15) is 9.18 Å². The number of aromatic nitrogens is 3. The molecule has 0 bridgehead atoms. The van der Waals surface area contributed by atoms with Crippen molar-refractivity contribution in [3.63, 3.8) is 0 Å². The fourth-order valence-electron chi connectivity index (χ4n) is 5.15. The number of oxime groups is 1. The van der Waals surface area contributed by atoms with Gasteiger partial charge in [-0.3, -0.25) is 0 Å². The van der Waals surface area contributed by atoms with Crippen molar-refractivity contribution in [2.45, 2.75) is 45.8 Å². The largest absolute Gasteiger partial charge is 0.494 e. The number of esters is 1. The molecule has 0 radical (unpaired) electrons. The first-order valence-corrected chi connectivity index (χ1v) is 12.3. The molecule has 5 rings (SSSR count). The second-order valence-electron chi connectivity index (χ2n) is 9.51. The maximum absolute atomic E-state index is 13.9. The Morgan fingerprint density at radius 1 is 1.35 bits per heavy atom. The van der Waals surface area contributed by atoms with E-state index in [1.807, 2.05) is 43.0 Å². The van der Waals surface area contributed by atoms with Gasteiger partial charge in [0.15, 0.2) is 5.84 Å². The number of allylic oxidation sites excluding steroid dienone is 3. The van der Waals surface area contributed by atoms with Crippen LogP contribution in [-0.2, 0) is 14.4 Å². The number of piperidine rings is 1. The number of hydrogen-bond donors (Lipinski definition) is 0. The monoisotopic (exact) mass is 507 g/mol. The number of benzene rings is 1. The average molecular weight is 508 g/mol. The molecule has 3 aliphatic rings. The van der Waals surface area contributed by atoms with E-state index in [-0.39, 0.29) is 18.9 Å². The average Bonchev–Trinajstić information content (AvgIpc) is 3.51. The topological polar surface area (TPSA) is 91.1 Å². The summed E-state index contributed by atoms with van der Waals surface area (Å²) in [6.45, 7) is 6.19. The molecular formula is C27H30FN5O4. The first-order chi connectivity index (χ1) is 17.8. The molecule has 1 aromatic carbocycles. The van der Waals surface area contributed by atoms with E-state index in [0.29, 0.717) is 24.0 Å². The molecule has 0 saturated carbocycles. The summed E-state index contributed by atoms with van der Waals surface area (Å²) in [6, 6.07) is 5.81. The number of hydrogen-bond acceptors (Lipinski definition) is 8. The van der Waals surface area contributed by atoms with Crippen molar-refractivity contribution in [2.75, 3.05) is 20.3 Å². The minimum Gasteiger partial charge on any atom is -0.494 e. The van der Waals surface area contributed by atoms with Gasteiger partial charge in [0.2, 0.25) is 0 Å². The van der Waals surface area contributed by atoms with Crippen LogP contribution in [-0.4, -0.2) is 57.5 Å². The normalized spacial score (nSPS) is 25.9. The highest BCUT2D eigenvalue weighted by Crippen LogP contribution is 2.50. The van der Waals surface area contributed by atoms with Gasteiger partial charge in [-0.25, -0.2) is 18.9 Å². The summed E-state index contributed by atoms with van der Waals surface area (Å²) in [5, 5.41) is 8.79. The zero-order valence-electron chi connectivity index (χ0n) is 21.4. The van der Waals surface area contributed by atoms with Crippen LogP contribution in [0.1, 0.15) is 44.5 Å². The van der Waals surface area contributed by atoms with Gasteiger partial charge in [0.05, 0.1) is 19.1 Å². The van der Waals surface area contributed by atoms with Gasteiger partial charge < -0.3 is 19.2 Å². The molecule has 37 heavy (non-hydrogen) atoms. The molecule has 2 aromatic rings. The number of ether oxygens (including phenoxy) is 2. The Balaban J connectivity index is 1.50. The molecule has 194 valence electrons. The van der Waals surface area contributed by atoms with E-state index in [1.54, 1.807) is 31.1 Å². The molecule has 0 N–H and O–H groups in total. The molecule has 3 heterocycles. The van der Waals surface area contributed by atoms with E-state index >= 15 is 0 Å². The van der Waals surface area contributed by atoms with Gasteiger partial charge in [-0.05, 0) is 81.5 Å². The molecular weight excluding hydrogens is 477 g/mol. The molecule has 1 aliphatic carbocycles. The van der Waals surface area contributed by atoms with Crippen molar-refractivity contribution in [1.29, 1.82) is 0 Å². The maximum Gasteiger partial charge on any atom is 0.376 e. The number of nitrogens with zero attached hydrogens (tertiary/aromatic N) is 5. The molecule has 2 aliphatic heterocycles. The van der Waals surface area contributed by atoms with Crippen LogP contribution in [0.4, 0.5) is 4.39 Å². The van der Waals surface area contributed by atoms with Crippen molar-refractivity contribution in [3.8, 4) is 11.4 Å².